The van der Waals surface area contributed by atoms with E-state index in [4.69, 9.17) is 5.26 Å². The summed E-state index contributed by atoms with van der Waals surface area (Å²) in [5, 5.41) is 11.5. The SMILES string of the molecule is N#CN1CC(=O)Nc2ccc(Br)cc21. The molecule has 0 saturated carbocycles. The van der Waals surface area contributed by atoms with Gasteiger partial charge in [-0.1, -0.05) is 15.9 Å². The summed E-state index contributed by atoms with van der Waals surface area (Å²) in [4.78, 5) is 12.5. The van der Waals surface area contributed by atoms with Crippen LogP contribution in [0.2, 0.25) is 0 Å². The number of benzene rings is 1. The summed E-state index contributed by atoms with van der Waals surface area (Å²) >= 11 is 3.31. The lowest BCUT2D eigenvalue weighted by Crippen LogP contribution is -2.34. The topological polar surface area (TPSA) is 56.1 Å². The first-order valence-corrected chi connectivity index (χ1v) is 4.76. The van der Waals surface area contributed by atoms with E-state index in [1.54, 1.807) is 12.1 Å². The van der Waals surface area contributed by atoms with Gasteiger partial charge >= 0.3 is 0 Å². The lowest BCUT2D eigenvalue weighted by molar-refractivity contribution is -0.115. The Labute approximate surface area is 89.3 Å². The second-order valence-electron chi connectivity index (χ2n) is 2.90. The molecule has 2 rings (SSSR count). The lowest BCUT2D eigenvalue weighted by atomic mass is 10.2. The van der Waals surface area contributed by atoms with Crippen molar-refractivity contribution in [1.82, 2.24) is 0 Å². The fraction of sp³-hybridized carbons (Fsp3) is 0.111. The highest BCUT2D eigenvalue weighted by Crippen LogP contribution is 2.31. The minimum Gasteiger partial charge on any atom is -0.323 e. The Bertz CT molecular complexity index is 438. The zero-order chi connectivity index (χ0) is 10.1. The molecule has 1 N–H and O–H groups in total. The predicted molar refractivity (Wildman–Crippen MR) is 55.7 cm³/mol. The van der Waals surface area contributed by atoms with Crippen LogP contribution < -0.4 is 10.2 Å². The Morgan fingerprint density at radius 3 is 3.07 bits per heavy atom. The number of anilines is 2. The third kappa shape index (κ3) is 1.44. The molecule has 0 fully saturated rings. The minimum atomic E-state index is -0.165. The summed E-state index contributed by atoms with van der Waals surface area (Å²) in [6.07, 6.45) is 1.97. The molecule has 1 amide bonds. The number of fused-ring (bicyclic) bond motifs is 1. The molecule has 0 bridgehead atoms. The molecule has 1 aromatic rings. The van der Waals surface area contributed by atoms with Crippen molar-refractivity contribution in [1.29, 1.82) is 5.26 Å². The van der Waals surface area contributed by atoms with E-state index in [1.165, 1.54) is 4.90 Å². The average molecular weight is 252 g/mol. The Morgan fingerprint density at radius 2 is 2.36 bits per heavy atom. The van der Waals surface area contributed by atoms with Gasteiger partial charge in [-0.2, -0.15) is 5.26 Å². The predicted octanol–water partition coefficient (Wildman–Crippen LogP) is 1.69. The van der Waals surface area contributed by atoms with E-state index in [1.807, 2.05) is 12.3 Å². The van der Waals surface area contributed by atoms with Gasteiger partial charge in [-0.3, -0.25) is 9.69 Å². The van der Waals surface area contributed by atoms with Gasteiger partial charge in [0.2, 0.25) is 5.91 Å². The zero-order valence-corrected chi connectivity index (χ0v) is 8.71. The molecule has 0 radical (unpaired) electrons. The molecule has 1 aromatic carbocycles. The van der Waals surface area contributed by atoms with Gasteiger partial charge in [-0.15, -0.1) is 0 Å². The van der Waals surface area contributed by atoms with E-state index < -0.39 is 0 Å². The molecule has 1 aliphatic rings. The Balaban J connectivity index is 2.53. The van der Waals surface area contributed by atoms with Crippen molar-refractivity contribution in [3.05, 3.63) is 22.7 Å². The van der Waals surface area contributed by atoms with Gasteiger partial charge in [-0.25, -0.2) is 0 Å². The van der Waals surface area contributed by atoms with Crippen molar-refractivity contribution < 1.29 is 4.79 Å². The van der Waals surface area contributed by atoms with Gasteiger partial charge < -0.3 is 5.32 Å². The van der Waals surface area contributed by atoms with Gasteiger partial charge in [0.25, 0.3) is 0 Å². The normalized spacial score (nSPS) is 14.3. The number of halogens is 1. The number of nitrogens with zero attached hydrogens (tertiary/aromatic N) is 2. The Morgan fingerprint density at radius 1 is 1.57 bits per heavy atom. The lowest BCUT2D eigenvalue weighted by Gasteiger charge is -2.24. The van der Waals surface area contributed by atoms with Crippen LogP contribution >= 0.6 is 15.9 Å². The summed E-state index contributed by atoms with van der Waals surface area (Å²) in [5.41, 5.74) is 1.40. The average Bonchev–Trinajstić information content (AvgIpc) is 2.17. The first-order chi connectivity index (χ1) is 6.70. The zero-order valence-electron chi connectivity index (χ0n) is 7.12. The van der Waals surface area contributed by atoms with E-state index >= 15 is 0 Å². The van der Waals surface area contributed by atoms with Crippen molar-refractivity contribution in [2.75, 3.05) is 16.8 Å². The minimum absolute atomic E-state index is 0.0833. The second kappa shape index (κ2) is 3.31. The van der Waals surface area contributed by atoms with Crippen LogP contribution in [0.4, 0.5) is 11.4 Å². The highest BCUT2D eigenvalue weighted by atomic mass is 79.9. The molecule has 4 nitrogen and oxygen atoms in total. The number of amides is 1. The number of rotatable bonds is 0. The van der Waals surface area contributed by atoms with E-state index in [0.29, 0.717) is 5.69 Å². The standard InChI is InChI=1S/C9H6BrN3O/c10-6-1-2-7-8(3-6)13(5-11)4-9(14)12-7/h1-3H,4H2,(H,12,14). The molecule has 0 aromatic heterocycles. The van der Waals surface area contributed by atoms with Crippen molar-refractivity contribution in [2.24, 2.45) is 0 Å². The third-order valence-corrected chi connectivity index (χ3v) is 2.44. The van der Waals surface area contributed by atoms with Crippen molar-refractivity contribution in [2.45, 2.75) is 0 Å². The summed E-state index contributed by atoms with van der Waals surface area (Å²) < 4.78 is 0.882. The maximum absolute atomic E-state index is 11.2. The van der Waals surface area contributed by atoms with E-state index in [0.717, 1.165) is 10.2 Å². The van der Waals surface area contributed by atoms with Gasteiger partial charge in [0.1, 0.15) is 6.54 Å². The molecule has 70 valence electrons. The number of hydrogen-bond donors (Lipinski definition) is 1. The highest BCUT2D eigenvalue weighted by Gasteiger charge is 2.21. The number of nitriles is 1. The molecule has 0 spiro atoms. The molecular weight excluding hydrogens is 246 g/mol. The van der Waals surface area contributed by atoms with Crippen LogP contribution in [0.25, 0.3) is 0 Å². The molecule has 0 aliphatic carbocycles. The first kappa shape index (κ1) is 9.03. The summed E-state index contributed by atoms with van der Waals surface area (Å²) in [7, 11) is 0. The van der Waals surface area contributed by atoms with Crippen molar-refractivity contribution in [3.8, 4) is 6.19 Å². The second-order valence-corrected chi connectivity index (χ2v) is 3.81. The fourth-order valence-corrected chi connectivity index (χ4v) is 1.69. The van der Waals surface area contributed by atoms with Crippen LogP contribution in [0.3, 0.4) is 0 Å². The maximum atomic E-state index is 11.2. The quantitative estimate of drug-likeness (QED) is 0.715. The monoisotopic (exact) mass is 251 g/mol. The van der Waals surface area contributed by atoms with Crippen LogP contribution in [0.15, 0.2) is 22.7 Å². The molecule has 0 saturated heterocycles. The smallest absolute Gasteiger partial charge is 0.245 e. The molecule has 14 heavy (non-hydrogen) atoms. The van der Waals surface area contributed by atoms with Crippen LogP contribution in [0, 0.1) is 11.5 Å². The van der Waals surface area contributed by atoms with Gasteiger partial charge in [-0.05, 0) is 18.2 Å². The number of carbonyl (C=O) groups is 1. The van der Waals surface area contributed by atoms with Crippen LogP contribution in [0.1, 0.15) is 0 Å². The molecule has 1 heterocycles. The third-order valence-electron chi connectivity index (χ3n) is 1.95. The molecular formula is C9H6BrN3O. The van der Waals surface area contributed by atoms with Gasteiger partial charge in [0, 0.05) is 4.47 Å². The Kier molecular flexibility index (Phi) is 2.14. The fourth-order valence-electron chi connectivity index (χ4n) is 1.34. The van der Waals surface area contributed by atoms with E-state index in [9.17, 15) is 4.79 Å². The van der Waals surface area contributed by atoms with E-state index in [2.05, 4.69) is 21.2 Å². The Hall–Kier alpha value is -1.54. The van der Waals surface area contributed by atoms with Crippen LogP contribution in [-0.4, -0.2) is 12.5 Å². The van der Waals surface area contributed by atoms with Crippen molar-refractivity contribution in [3.63, 3.8) is 0 Å². The molecule has 0 unspecified atom stereocenters. The van der Waals surface area contributed by atoms with Gasteiger partial charge in [0.05, 0.1) is 11.4 Å². The van der Waals surface area contributed by atoms with Gasteiger partial charge in [0.15, 0.2) is 6.19 Å². The molecule has 0 atom stereocenters. The number of hydrogen-bond acceptors (Lipinski definition) is 3. The maximum Gasteiger partial charge on any atom is 0.245 e. The summed E-state index contributed by atoms with van der Waals surface area (Å²) in [6.45, 7) is 0.0833. The molecule has 1 aliphatic heterocycles. The number of nitrogens with one attached hydrogen (secondary N) is 1. The van der Waals surface area contributed by atoms with Crippen LogP contribution in [0.5, 0.6) is 0 Å². The van der Waals surface area contributed by atoms with E-state index in [-0.39, 0.29) is 12.5 Å². The number of carbonyl (C=O) groups excluding carboxylic acids is 1. The first-order valence-electron chi connectivity index (χ1n) is 3.97. The summed E-state index contributed by atoms with van der Waals surface area (Å²) in [5.74, 6) is -0.165. The summed E-state index contributed by atoms with van der Waals surface area (Å²) in [6, 6.07) is 5.39. The van der Waals surface area contributed by atoms with Crippen molar-refractivity contribution >= 4 is 33.2 Å². The molecule has 5 heteroatoms. The largest absolute Gasteiger partial charge is 0.323 e. The van der Waals surface area contributed by atoms with Crippen LogP contribution in [-0.2, 0) is 4.79 Å². The highest BCUT2D eigenvalue weighted by molar-refractivity contribution is 9.10.